The maximum Gasteiger partial charge on any atom is 0.261 e. The SMILES string of the molecule is CCC(Oc1cccc2ccccc12)C(=O)NC(CC)c1ccccc1. The lowest BCUT2D eigenvalue weighted by Gasteiger charge is -2.23. The zero-order chi connectivity index (χ0) is 18.4. The number of carbonyl (C=O) groups excluding carboxylic acids is 1. The van der Waals surface area contributed by atoms with E-state index in [0.29, 0.717) is 6.42 Å². The lowest BCUT2D eigenvalue weighted by Crippen LogP contribution is -2.39. The standard InChI is InChI=1S/C23H25NO2/c1-3-20(18-12-6-5-7-13-18)24-23(25)21(4-2)26-22-16-10-14-17-11-8-9-15-19(17)22/h5-16,20-21H,3-4H2,1-2H3,(H,24,25). The Morgan fingerprint density at radius 3 is 2.31 bits per heavy atom. The molecular formula is C23H25NO2. The van der Waals surface area contributed by atoms with Gasteiger partial charge >= 0.3 is 0 Å². The summed E-state index contributed by atoms with van der Waals surface area (Å²) in [6, 6.07) is 24.0. The molecule has 0 aliphatic heterocycles. The highest BCUT2D eigenvalue weighted by atomic mass is 16.5. The summed E-state index contributed by atoms with van der Waals surface area (Å²) in [5.41, 5.74) is 1.11. The summed E-state index contributed by atoms with van der Waals surface area (Å²) in [6.07, 6.45) is 0.930. The molecule has 26 heavy (non-hydrogen) atoms. The van der Waals surface area contributed by atoms with Gasteiger partial charge in [0.25, 0.3) is 5.91 Å². The second kappa shape index (κ2) is 8.52. The molecule has 0 saturated carbocycles. The molecule has 0 aromatic heterocycles. The number of ether oxygens (including phenoxy) is 1. The average Bonchev–Trinajstić information content (AvgIpc) is 2.70. The van der Waals surface area contributed by atoms with Crippen molar-refractivity contribution in [1.29, 1.82) is 0 Å². The van der Waals surface area contributed by atoms with Gasteiger partial charge in [-0.2, -0.15) is 0 Å². The van der Waals surface area contributed by atoms with Gasteiger partial charge in [0.2, 0.25) is 0 Å². The Hall–Kier alpha value is -2.81. The summed E-state index contributed by atoms with van der Waals surface area (Å²) < 4.78 is 6.11. The lowest BCUT2D eigenvalue weighted by molar-refractivity contribution is -0.128. The summed E-state index contributed by atoms with van der Waals surface area (Å²) in [7, 11) is 0. The van der Waals surface area contributed by atoms with Gasteiger partial charge in [0.15, 0.2) is 6.10 Å². The molecule has 3 aromatic rings. The molecule has 3 aromatic carbocycles. The molecule has 2 atom stereocenters. The van der Waals surface area contributed by atoms with Gasteiger partial charge in [-0.05, 0) is 29.9 Å². The van der Waals surface area contributed by atoms with E-state index in [2.05, 4.69) is 12.2 Å². The number of hydrogen-bond donors (Lipinski definition) is 1. The fourth-order valence-electron chi connectivity index (χ4n) is 3.15. The van der Waals surface area contributed by atoms with E-state index >= 15 is 0 Å². The normalized spacial score (nSPS) is 13.2. The topological polar surface area (TPSA) is 38.3 Å². The highest BCUT2D eigenvalue weighted by Gasteiger charge is 2.22. The van der Waals surface area contributed by atoms with Crippen molar-refractivity contribution in [2.24, 2.45) is 0 Å². The van der Waals surface area contributed by atoms with Crippen LogP contribution >= 0.6 is 0 Å². The Kier molecular flexibility index (Phi) is 5.90. The van der Waals surface area contributed by atoms with Gasteiger partial charge in [-0.15, -0.1) is 0 Å². The predicted octanol–water partition coefficient (Wildman–Crippen LogP) is 5.26. The number of carbonyl (C=O) groups is 1. The molecule has 3 rings (SSSR count). The van der Waals surface area contributed by atoms with Crippen molar-refractivity contribution in [3.05, 3.63) is 78.4 Å². The average molecular weight is 347 g/mol. The van der Waals surface area contributed by atoms with Crippen molar-refractivity contribution in [2.45, 2.75) is 38.8 Å². The van der Waals surface area contributed by atoms with Crippen LogP contribution in [0.4, 0.5) is 0 Å². The second-order valence-corrected chi connectivity index (χ2v) is 6.37. The lowest BCUT2D eigenvalue weighted by atomic mass is 10.0. The summed E-state index contributed by atoms with van der Waals surface area (Å²) in [5, 5.41) is 5.27. The van der Waals surface area contributed by atoms with Gasteiger partial charge in [0.05, 0.1) is 6.04 Å². The van der Waals surface area contributed by atoms with E-state index in [1.807, 2.05) is 79.7 Å². The molecule has 0 fully saturated rings. The Morgan fingerprint density at radius 1 is 0.885 bits per heavy atom. The monoisotopic (exact) mass is 347 g/mol. The minimum absolute atomic E-state index is 0.00568. The van der Waals surface area contributed by atoms with E-state index in [1.165, 1.54) is 0 Å². The minimum Gasteiger partial charge on any atom is -0.480 e. The highest BCUT2D eigenvalue weighted by molar-refractivity contribution is 5.89. The molecule has 3 heteroatoms. The number of benzene rings is 3. The molecule has 134 valence electrons. The fraction of sp³-hybridized carbons (Fsp3) is 0.261. The third-order valence-corrected chi connectivity index (χ3v) is 4.61. The molecule has 1 N–H and O–H groups in total. The minimum atomic E-state index is -0.515. The number of nitrogens with one attached hydrogen (secondary N) is 1. The van der Waals surface area contributed by atoms with Crippen molar-refractivity contribution in [2.75, 3.05) is 0 Å². The first kappa shape index (κ1) is 18.0. The van der Waals surface area contributed by atoms with Crippen molar-refractivity contribution in [3.8, 4) is 5.75 Å². The van der Waals surface area contributed by atoms with Crippen molar-refractivity contribution >= 4 is 16.7 Å². The summed E-state index contributed by atoms with van der Waals surface area (Å²) in [5.74, 6) is 0.675. The van der Waals surface area contributed by atoms with E-state index < -0.39 is 6.10 Å². The zero-order valence-electron chi connectivity index (χ0n) is 15.3. The third kappa shape index (κ3) is 4.05. The Morgan fingerprint density at radius 2 is 1.58 bits per heavy atom. The molecule has 1 amide bonds. The predicted molar refractivity (Wildman–Crippen MR) is 106 cm³/mol. The number of fused-ring (bicyclic) bond motifs is 1. The van der Waals surface area contributed by atoms with E-state index in [4.69, 9.17) is 4.74 Å². The van der Waals surface area contributed by atoms with Crippen LogP contribution in [0.1, 0.15) is 38.3 Å². The first-order chi connectivity index (χ1) is 12.7. The van der Waals surface area contributed by atoms with Gasteiger partial charge in [-0.3, -0.25) is 4.79 Å². The summed E-state index contributed by atoms with van der Waals surface area (Å²) in [6.45, 7) is 4.04. The summed E-state index contributed by atoms with van der Waals surface area (Å²) >= 11 is 0. The molecule has 0 saturated heterocycles. The maximum absolute atomic E-state index is 12.8. The van der Waals surface area contributed by atoms with Gasteiger partial charge < -0.3 is 10.1 Å². The Balaban J connectivity index is 1.76. The van der Waals surface area contributed by atoms with Crippen LogP contribution in [-0.4, -0.2) is 12.0 Å². The van der Waals surface area contributed by atoms with Gasteiger partial charge in [0.1, 0.15) is 5.75 Å². The van der Waals surface area contributed by atoms with Crippen LogP contribution in [-0.2, 0) is 4.79 Å². The van der Waals surface area contributed by atoms with Crippen LogP contribution in [0.15, 0.2) is 72.8 Å². The fourth-order valence-corrected chi connectivity index (χ4v) is 3.15. The van der Waals surface area contributed by atoms with Gasteiger partial charge in [-0.25, -0.2) is 0 Å². The molecule has 2 unspecified atom stereocenters. The Labute approximate surface area is 155 Å². The van der Waals surface area contributed by atoms with Gasteiger partial charge in [0, 0.05) is 5.39 Å². The number of rotatable bonds is 7. The van der Waals surface area contributed by atoms with E-state index in [-0.39, 0.29) is 11.9 Å². The van der Waals surface area contributed by atoms with Crippen LogP contribution in [0.2, 0.25) is 0 Å². The smallest absolute Gasteiger partial charge is 0.261 e. The largest absolute Gasteiger partial charge is 0.480 e. The molecule has 3 nitrogen and oxygen atoms in total. The molecule has 0 spiro atoms. The third-order valence-electron chi connectivity index (χ3n) is 4.61. The second-order valence-electron chi connectivity index (χ2n) is 6.37. The summed E-state index contributed by atoms with van der Waals surface area (Å²) in [4.78, 5) is 12.8. The van der Waals surface area contributed by atoms with Crippen molar-refractivity contribution in [1.82, 2.24) is 5.32 Å². The van der Waals surface area contributed by atoms with Crippen LogP contribution in [0.3, 0.4) is 0 Å². The van der Waals surface area contributed by atoms with Crippen LogP contribution in [0.5, 0.6) is 5.75 Å². The quantitative estimate of drug-likeness (QED) is 0.633. The van der Waals surface area contributed by atoms with Crippen LogP contribution in [0.25, 0.3) is 10.8 Å². The molecule has 0 heterocycles. The van der Waals surface area contributed by atoms with E-state index in [1.54, 1.807) is 0 Å². The molecule has 0 bridgehead atoms. The highest BCUT2D eigenvalue weighted by Crippen LogP contribution is 2.27. The van der Waals surface area contributed by atoms with Gasteiger partial charge in [-0.1, -0.05) is 80.6 Å². The molecular weight excluding hydrogens is 322 g/mol. The molecule has 0 aliphatic rings. The van der Waals surface area contributed by atoms with E-state index in [9.17, 15) is 4.79 Å². The Bertz CT molecular complexity index is 855. The van der Waals surface area contributed by atoms with Crippen LogP contribution in [0, 0.1) is 0 Å². The van der Waals surface area contributed by atoms with Crippen molar-refractivity contribution < 1.29 is 9.53 Å². The van der Waals surface area contributed by atoms with Crippen LogP contribution < -0.4 is 10.1 Å². The van der Waals surface area contributed by atoms with E-state index in [0.717, 1.165) is 28.5 Å². The maximum atomic E-state index is 12.8. The van der Waals surface area contributed by atoms with Crippen molar-refractivity contribution in [3.63, 3.8) is 0 Å². The molecule has 0 radical (unpaired) electrons. The molecule has 0 aliphatic carbocycles. The first-order valence-corrected chi connectivity index (χ1v) is 9.22. The number of amides is 1. The number of hydrogen-bond acceptors (Lipinski definition) is 2. The zero-order valence-corrected chi connectivity index (χ0v) is 15.3. The first-order valence-electron chi connectivity index (χ1n) is 9.22.